The van der Waals surface area contributed by atoms with E-state index in [1.165, 1.54) is 11.9 Å². The summed E-state index contributed by atoms with van der Waals surface area (Å²) in [5.41, 5.74) is 7.13. The minimum Gasteiger partial charge on any atom is -0.444 e. The van der Waals surface area contributed by atoms with Crippen LogP contribution in [0.1, 0.15) is 56.3 Å². The van der Waals surface area contributed by atoms with Gasteiger partial charge in [0.1, 0.15) is 17.7 Å². The standard InChI is InChI=1S/C27H35ClN4O5/c1-16-9-7-11-18(15-16)23(24(34)31-22-17(2)10-8-12-19(22)28)32(6)25(35)20(13-14-21(29)33)30-26(36)37-27(3,4)5/h7-12,15,20,23H,13-14H2,1-6H3,(H2,29,33)(H,30,36)(H,31,34). The van der Waals surface area contributed by atoms with E-state index in [1.807, 2.05) is 26.0 Å². The van der Waals surface area contributed by atoms with Gasteiger partial charge in [0.25, 0.3) is 5.91 Å². The van der Waals surface area contributed by atoms with Gasteiger partial charge in [-0.15, -0.1) is 0 Å². The number of para-hydroxylation sites is 1. The Kier molecular flexibility index (Phi) is 10.1. The van der Waals surface area contributed by atoms with Gasteiger partial charge in [0, 0.05) is 13.5 Å². The van der Waals surface area contributed by atoms with Crippen LogP contribution >= 0.6 is 11.6 Å². The third-order valence-corrected chi connectivity index (χ3v) is 5.79. The maximum atomic E-state index is 13.6. The van der Waals surface area contributed by atoms with Crippen LogP contribution in [0.5, 0.6) is 0 Å². The van der Waals surface area contributed by atoms with E-state index in [-0.39, 0.29) is 12.8 Å². The molecule has 9 nitrogen and oxygen atoms in total. The van der Waals surface area contributed by atoms with Crippen LogP contribution in [0.25, 0.3) is 0 Å². The number of hydrogen-bond acceptors (Lipinski definition) is 5. The van der Waals surface area contributed by atoms with Gasteiger partial charge in [0.15, 0.2) is 0 Å². The van der Waals surface area contributed by atoms with Crippen LogP contribution in [0.15, 0.2) is 42.5 Å². The average molecular weight is 531 g/mol. The fraction of sp³-hybridized carbons (Fsp3) is 0.407. The highest BCUT2D eigenvalue weighted by molar-refractivity contribution is 6.34. The van der Waals surface area contributed by atoms with Crippen molar-refractivity contribution in [2.75, 3.05) is 12.4 Å². The Bertz CT molecular complexity index is 1140. The van der Waals surface area contributed by atoms with Gasteiger partial charge in [-0.25, -0.2) is 4.79 Å². The molecule has 0 aliphatic carbocycles. The van der Waals surface area contributed by atoms with E-state index in [9.17, 15) is 19.2 Å². The number of ether oxygens (including phenoxy) is 1. The van der Waals surface area contributed by atoms with Crippen molar-refractivity contribution in [3.8, 4) is 0 Å². The third-order valence-electron chi connectivity index (χ3n) is 5.48. The van der Waals surface area contributed by atoms with E-state index in [0.29, 0.717) is 16.3 Å². The zero-order valence-electron chi connectivity index (χ0n) is 22.1. The number of halogens is 1. The van der Waals surface area contributed by atoms with Gasteiger partial charge in [-0.1, -0.05) is 53.6 Å². The second-order valence-corrected chi connectivity index (χ2v) is 10.3. The number of alkyl carbamates (subject to hydrolysis) is 1. The lowest BCUT2D eigenvalue weighted by atomic mass is 10.0. The van der Waals surface area contributed by atoms with Crippen molar-refractivity contribution < 1.29 is 23.9 Å². The molecule has 0 spiro atoms. The number of nitrogens with two attached hydrogens (primary N) is 1. The number of likely N-dealkylation sites (N-methyl/N-ethyl adjacent to an activating group) is 1. The predicted octanol–water partition coefficient (Wildman–Crippen LogP) is 4.25. The lowest BCUT2D eigenvalue weighted by Crippen LogP contribution is -2.51. The number of carbonyl (C=O) groups is 4. The summed E-state index contributed by atoms with van der Waals surface area (Å²) in [7, 11) is 1.46. The maximum Gasteiger partial charge on any atom is 0.408 e. The summed E-state index contributed by atoms with van der Waals surface area (Å²) in [5, 5.41) is 5.72. The molecule has 0 saturated carbocycles. The number of hydrogen-bond donors (Lipinski definition) is 3. The Labute approximate surface area is 222 Å². The van der Waals surface area contributed by atoms with Crippen molar-refractivity contribution in [2.24, 2.45) is 5.73 Å². The third kappa shape index (κ3) is 8.78. The van der Waals surface area contributed by atoms with Gasteiger partial charge in [-0.05, 0) is 58.2 Å². The molecule has 0 bridgehead atoms. The quantitative estimate of drug-likeness (QED) is 0.446. The fourth-order valence-corrected chi connectivity index (χ4v) is 4.01. The highest BCUT2D eigenvalue weighted by atomic mass is 35.5. The van der Waals surface area contributed by atoms with Gasteiger partial charge in [-0.3, -0.25) is 14.4 Å². The van der Waals surface area contributed by atoms with Crippen molar-refractivity contribution in [1.29, 1.82) is 0 Å². The number of nitrogens with one attached hydrogen (secondary N) is 2. The van der Waals surface area contributed by atoms with E-state index in [0.717, 1.165) is 11.1 Å². The number of amides is 4. The Hall–Kier alpha value is -3.59. The lowest BCUT2D eigenvalue weighted by molar-refractivity contribution is -0.139. The summed E-state index contributed by atoms with van der Waals surface area (Å²) < 4.78 is 5.29. The fourth-order valence-electron chi connectivity index (χ4n) is 3.74. The van der Waals surface area contributed by atoms with Crippen LogP contribution in [0.2, 0.25) is 5.02 Å². The van der Waals surface area contributed by atoms with E-state index in [2.05, 4.69) is 10.6 Å². The molecular formula is C27H35ClN4O5. The van der Waals surface area contributed by atoms with Crippen LogP contribution in [0.4, 0.5) is 10.5 Å². The van der Waals surface area contributed by atoms with Crippen molar-refractivity contribution >= 4 is 41.1 Å². The zero-order chi connectivity index (χ0) is 27.9. The molecule has 200 valence electrons. The van der Waals surface area contributed by atoms with Crippen LogP contribution in [-0.4, -0.2) is 47.4 Å². The summed E-state index contributed by atoms with van der Waals surface area (Å²) >= 11 is 6.32. The Morgan fingerprint density at radius 3 is 2.30 bits per heavy atom. The molecule has 2 rings (SSSR count). The number of benzene rings is 2. The molecule has 4 N–H and O–H groups in total. The smallest absolute Gasteiger partial charge is 0.408 e. The lowest BCUT2D eigenvalue weighted by Gasteiger charge is -2.32. The molecule has 10 heteroatoms. The van der Waals surface area contributed by atoms with Crippen LogP contribution < -0.4 is 16.4 Å². The molecule has 0 saturated heterocycles. The van der Waals surface area contributed by atoms with E-state index >= 15 is 0 Å². The first-order valence-corrected chi connectivity index (χ1v) is 12.2. The second-order valence-electron chi connectivity index (χ2n) is 9.89. The molecule has 0 fully saturated rings. The largest absolute Gasteiger partial charge is 0.444 e. The van der Waals surface area contributed by atoms with Gasteiger partial charge >= 0.3 is 6.09 Å². The number of nitrogens with zero attached hydrogens (tertiary/aromatic N) is 1. The average Bonchev–Trinajstić information content (AvgIpc) is 2.77. The van der Waals surface area contributed by atoms with Crippen LogP contribution in [0, 0.1) is 13.8 Å². The first kappa shape index (κ1) is 29.6. The summed E-state index contributed by atoms with van der Waals surface area (Å²) in [6, 6.07) is 10.2. The highest BCUT2D eigenvalue weighted by Crippen LogP contribution is 2.29. The molecule has 2 aromatic rings. The van der Waals surface area contributed by atoms with Crippen molar-refractivity contribution in [3.63, 3.8) is 0 Å². The van der Waals surface area contributed by atoms with Crippen molar-refractivity contribution in [3.05, 3.63) is 64.2 Å². The Balaban J connectivity index is 2.43. The normalized spacial score (nSPS) is 12.7. The van der Waals surface area contributed by atoms with E-state index in [1.54, 1.807) is 51.1 Å². The first-order valence-electron chi connectivity index (χ1n) is 11.9. The molecule has 0 aliphatic rings. The number of primary amides is 1. The Morgan fingerprint density at radius 2 is 1.73 bits per heavy atom. The van der Waals surface area contributed by atoms with Gasteiger partial charge in [0.05, 0.1) is 10.7 Å². The molecule has 4 amide bonds. The number of aryl methyl sites for hydroxylation is 2. The summed E-state index contributed by atoms with van der Waals surface area (Å²) in [6.07, 6.45) is -1.05. The minimum atomic E-state index is -1.16. The molecule has 0 aliphatic heterocycles. The maximum absolute atomic E-state index is 13.6. The van der Waals surface area contributed by atoms with Crippen LogP contribution in [0.3, 0.4) is 0 Å². The molecule has 0 heterocycles. The van der Waals surface area contributed by atoms with Gasteiger partial charge in [-0.2, -0.15) is 0 Å². The molecule has 0 aromatic heterocycles. The molecule has 2 unspecified atom stereocenters. The SMILES string of the molecule is Cc1cccc(C(C(=O)Nc2c(C)cccc2Cl)N(C)C(=O)C(CCC(N)=O)NC(=O)OC(C)(C)C)c1. The van der Waals surface area contributed by atoms with Crippen molar-refractivity contribution in [2.45, 2.75) is 65.1 Å². The highest BCUT2D eigenvalue weighted by Gasteiger charge is 2.34. The van der Waals surface area contributed by atoms with E-state index in [4.69, 9.17) is 22.1 Å². The summed E-state index contributed by atoms with van der Waals surface area (Å²) in [6.45, 7) is 8.75. The minimum absolute atomic E-state index is 0.0659. The number of rotatable bonds is 9. The number of carbonyl (C=O) groups excluding carboxylic acids is 4. The Morgan fingerprint density at radius 1 is 1.08 bits per heavy atom. The van der Waals surface area contributed by atoms with Gasteiger partial charge < -0.3 is 26.0 Å². The summed E-state index contributed by atoms with van der Waals surface area (Å²) in [5.74, 6) is -1.72. The molecule has 37 heavy (non-hydrogen) atoms. The monoisotopic (exact) mass is 530 g/mol. The predicted molar refractivity (Wildman–Crippen MR) is 143 cm³/mol. The van der Waals surface area contributed by atoms with Crippen molar-refractivity contribution in [1.82, 2.24) is 10.2 Å². The second kappa shape index (κ2) is 12.6. The molecular weight excluding hydrogens is 496 g/mol. The molecule has 0 radical (unpaired) electrons. The summed E-state index contributed by atoms with van der Waals surface area (Å²) in [4.78, 5) is 52.4. The topological polar surface area (TPSA) is 131 Å². The first-order chi connectivity index (χ1) is 17.2. The molecule has 2 aromatic carbocycles. The van der Waals surface area contributed by atoms with E-state index < -0.39 is 41.5 Å². The van der Waals surface area contributed by atoms with Crippen LogP contribution in [-0.2, 0) is 19.1 Å². The molecule has 2 atom stereocenters. The number of anilines is 1. The van der Waals surface area contributed by atoms with Gasteiger partial charge in [0.2, 0.25) is 11.8 Å². The zero-order valence-corrected chi connectivity index (χ0v) is 22.8.